The first-order valence-electron chi connectivity index (χ1n) is 4.95. The van der Waals surface area contributed by atoms with Crippen molar-refractivity contribution in [2.75, 3.05) is 17.4 Å². The second-order valence-electron chi connectivity index (χ2n) is 3.26. The van der Waals surface area contributed by atoms with Gasteiger partial charge in [-0.1, -0.05) is 25.1 Å². The summed E-state index contributed by atoms with van der Waals surface area (Å²) < 4.78 is 0. The summed E-state index contributed by atoms with van der Waals surface area (Å²) in [4.78, 5) is 0. The number of nitrogens with two attached hydrogens (primary N) is 1. The van der Waals surface area contributed by atoms with E-state index in [9.17, 15) is 0 Å². The number of alkyl halides is 1. The Balaban J connectivity index is 2.82. The molecule has 2 nitrogen and oxygen atoms in total. The molecular formula is C11H17ClN2. The van der Waals surface area contributed by atoms with Crippen LogP contribution in [0.25, 0.3) is 0 Å². The minimum absolute atomic E-state index is 0.636. The quantitative estimate of drug-likeness (QED) is 0.462. The summed E-state index contributed by atoms with van der Waals surface area (Å²) in [5.41, 5.74) is 2.31. The number of hydrogen-bond acceptors (Lipinski definition) is 2. The molecule has 0 amide bonds. The van der Waals surface area contributed by atoms with Crippen LogP contribution in [0.2, 0.25) is 0 Å². The van der Waals surface area contributed by atoms with Crippen LogP contribution in [0.3, 0.4) is 0 Å². The number of hydrogen-bond donors (Lipinski definition) is 1. The van der Waals surface area contributed by atoms with Crippen molar-refractivity contribution >= 4 is 17.3 Å². The van der Waals surface area contributed by atoms with Crippen molar-refractivity contribution in [3.05, 3.63) is 29.8 Å². The summed E-state index contributed by atoms with van der Waals surface area (Å²) in [5.74, 6) is 6.56. The zero-order chi connectivity index (χ0) is 10.4. The highest BCUT2D eigenvalue weighted by atomic mass is 35.5. The van der Waals surface area contributed by atoms with Gasteiger partial charge in [0.2, 0.25) is 0 Å². The van der Waals surface area contributed by atoms with E-state index in [1.165, 1.54) is 5.56 Å². The van der Waals surface area contributed by atoms with Crippen molar-refractivity contribution in [3.63, 3.8) is 0 Å². The van der Waals surface area contributed by atoms with Gasteiger partial charge in [0.1, 0.15) is 0 Å². The molecule has 0 heterocycles. The van der Waals surface area contributed by atoms with Crippen molar-refractivity contribution in [1.82, 2.24) is 0 Å². The lowest BCUT2D eigenvalue weighted by Crippen LogP contribution is -2.32. The number of nitrogens with zero attached hydrogens (tertiary/aromatic N) is 1. The highest BCUT2D eigenvalue weighted by Gasteiger charge is 2.05. The van der Waals surface area contributed by atoms with Crippen LogP contribution >= 0.6 is 11.6 Å². The zero-order valence-corrected chi connectivity index (χ0v) is 9.30. The molecule has 3 heteroatoms. The first-order chi connectivity index (χ1) is 6.79. The Morgan fingerprint density at radius 1 is 1.36 bits per heavy atom. The molecule has 0 atom stereocenters. The SMILES string of the molecule is CCCN(N)c1ccccc1CCCl. The van der Waals surface area contributed by atoms with Crippen LogP contribution in [0.5, 0.6) is 0 Å². The Labute approximate surface area is 90.6 Å². The Bertz CT molecular complexity index is 276. The van der Waals surface area contributed by atoms with Gasteiger partial charge in [-0.25, -0.2) is 5.84 Å². The third kappa shape index (κ3) is 2.89. The number of halogens is 1. The summed E-state index contributed by atoms with van der Waals surface area (Å²) in [6.45, 7) is 2.99. The molecule has 1 rings (SSSR count). The summed E-state index contributed by atoms with van der Waals surface area (Å²) in [6.07, 6.45) is 1.92. The van der Waals surface area contributed by atoms with Gasteiger partial charge in [-0.2, -0.15) is 0 Å². The second-order valence-corrected chi connectivity index (χ2v) is 3.64. The van der Waals surface area contributed by atoms with Gasteiger partial charge >= 0.3 is 0 Å². The molecule has 1 aromatic rings. The molecule has 1 aromatic carbocycles. The lowest BCUT2D eigenvalue weighted by atomic mass is 10.1. The largest absolute Gasteiger partial charge is 0.311 e. The van der Waals surface area contributed by atoms with Crippen LogP contribution < -0.4 is 10.9 Å². The maximum atomic E-state index is 5.93. The lowest BCUT2D eigenvalue weighted by molar-refractivity contribution is 0.799. The van der Waals surface area contributed by atoms with E-state index in [1.54, 1.807) is 5.01 Å². The highest BCUT2D eigenvalue weighted by molar-refractivity contribution is 6.18. The lowest BCUT2D eigenvalue weighted by Gasteiger charge is -2.20. The number of rotatable bonds is 5. The number of anilines is 1. The average Bonchev–Trinajstić information content (AvgIpc) is 2.19. The van der Waals surface area contributed by atoms with Crippen LogP contribution in [0.1, 0.15) is 18.9 Å². The smallest absolute Gasteiger partial charge is 0.0549 e. The van der Waals surface area contributed by atoms with E-state index < -0.39 is 0 Å². The predicted octanol–water partition coefficient (Wildman–Crippen LogP) is 2.56. The van der Waals surface area contributed by atoms with Crippen molar-refractivity contribution in [1.29, 1.82) is 0 Å². The molecule has 0 unspecified atom stereocenters. The summed E-state index contributed by atoms with van der Waals surface area (Å²) >= 11 is 5.73. The first kappa shape index (κ1) is 11.3. The van der Waals surface area contributed by atoms with E-state index in [0.29, 0.717) is 5.88 Å². The molecule has 0 bridgehead atoms. The molecule has 78 valence electrons. The van der Waals surface area contributed by atoms with Crippen molar-refractivity contribution in [2.45, 2.75) is 19.8 Å². The predicted molar refractivity (Wildman–Crippen MR) is 62.7 cm³/mol. The van der Waals surface area contributed by atoms with Crippen molar-refractivity contribution in [2.24, 2.45) is 5.84 Å². The van der Waals surface area contributed by atoms with E-state index in [1.807, 2.05) is 18.2 Å². The fraction of sp³-hybridized carbons (Fsp3) is 0.455. The minimum atomic E-state index is 0.636. The van der Waals surface area contributed by atoms with Crippen LogP contribution in [0, 0.1) is 0 Å². The number of para-hydroxylation sites is 1. The third-order valence-electron chi connectivity index (χ3n) is 2.13. The molecule has 0 fully saturated rings. The van der Waals surface area contributed by atoms with Gasteiger partial charge in [0.05, 0.1) is 5.69 Å². The molecule has 14 heavy (non-hydrogen) atoms. The van der Waals surface area contributed by atoms with Gasteiger partial charge in [-0.05, 0) is 24.5 Å². The van der Waals surface area contributed by atoms with Gasteiger partial charge < -0.3 is 5.01 Å². The molecule has 0 aliphatic rings. The number of benzene rings is 1. The van der Waals surface area contributed by atoms with Crippen molar-refractivity contribution in [3.8, 4) is 0 Å². The molecule has 0 radical (unpaired) electrons. The van der Waals surface area contributed by atoms with E-state index in [-0.39, 0.29) is 0 Å². The number of hydrazine groups is 1. The van der Waals surface area contributed by atoms with Gasteiger partial charge in [0.25, 0.3) is 0 Å². The second kappa shape index (κ2) is 5.89. The van der Waals surface area contributed by atoms with Gasteiger partial charge in [0.15, 0.2) is 0 Å². The molecule has 2 N–H and O–H groups in total. The molecule has 0 aromatic heterocycles. The first-order valence-corrected chi connectivity index (χ1v) is 5.49. The molecule has 0 aliphatic heterocycles. The summed E-state index contributed by atoms with van der Waals surface area (Å²) in [7, 11) is 0. The molecule has 0 saturated carbocycles. The maximum Gasteiger partial charge on any atom is 0.0549 e. The van der Waals surface area contributed by atoms with Gasteiger partial charge in [0, 0.05) is 12.4 Å². The molecule has 0 saturated heterocycles. The van der Waals surface area contributed by atoms with Crippen LogP contribution in [0.15, 0.2) is 24.3 Å². The van der Waals surface area contributed by atoms with Crippen LogP contribution in [0.4, 0.5) is 5.69 Å². The van der Waals surface area contributed by atoms with Crippen LogP contribution in [-0.2, 0) is 6.42 Å². The summed E-state index contributed by atoms with van der Waals surface area (Å²) in [5, 5.41) is 1.79. The third-order valence-corrected chi connectivity index (χ3v) is 2.32. The van der Waals surface area contributed by atoms with Crippen molar-refractivity contribution < 1.29 is 0 Å². The van der Waals surface area contributed by atoms with Gasteiger partial charge in [-0.15, -0.1) is 11.6 Å². The standard InChI is InChI=1S/C11H17ClN2/c1-2-9-14(13)11-6-4-3-5-10(11)7-8-12/h3-6H,2,7-9,13H2,1H3. The molecule has 0 aliphatic carbocycles. The van der Waals surface area contributed by atoms with Gasteiger partial charge in [-0.3, -0.25) is 0 Å². The topological polar surface area (TPSA) is 29.3 Å². The highest BCUT2D eigenvalue weighted by Crippen LogP contribution is 2.18. The maximum absolute atomic E-state index is 5.93. The van der Waals surface area contributed by atoms with E-state index >= 15 is 0 Å². The fourth-order valence-corrected chi connectivity index (χ4v) is 1.67. The van der Waals surface area contributed by atoms with E-state index in [2.05, 4.69) is 13.0 Å². The number of aryl methyl sites for hydroxylation is 1. The molecular weight excluding hydrogens is 196 g/mol. The fourth-order valence-electron chi connectivity index (χ4n) is 1.47. The zero-order valence-electron chi connectivity index (χ0n) is 8.54. The Morgan fingerprint density at radius 2 is 2.07 bits per heavy atom. The Hall–Kier alpha value is -0.730. The Morgan fingerprint density at radius 3 is 2.71 bits per heavy atom. The Kier molecular flexibility index (Phi) is 4.77. The summed E-state index contributed by atoms with van der Waals surface area (Å²) in [6, 6.07) is 8.14. The normalized spacial score (nSPS) is 10.2. The molecule has 0 spiro atoms. The van der Waals surface area contributed by atoms with E-state index in [0.717, 1.165) is 25.1 Å². The van der Waals surface area contributed by atoms with E-state index in [4.69, 9.17) is 17.4 Å². The minimum Gasteiger partial charge on any atom is -0.311 e. The van der Waals surface area contributed by atoms with Crippen LogP contribution in [-0.4, -0.2) is 12.4 Å². The average molecular weight is 213 g/mol. The monoisotopic (exact) mass is 212 g/mol.